The van der Waals surface area contributed by atoms with E-state index < -0.39 is 0 Å². The van der Waals surface area contributed by atoms with E-state index >= 15 is 0 Å². The summed E-state index contributed by atoms with van der Waals surface area (Å²) in [6, 6.07) is 8.41. The Morgan fingerprint density at radius 2 is 2.19 bits per heavy atom. The van der Waals surface area contributed by atoms with Gasteiger partial charge in [-0.2, -0.15) is 4.98 Å². The lowest BCUT2D eigenvalue weighted by molar-refractivity contribution is 0.416. The van der Waals surface area contributed by atoms with Gasteiger partial charge in [0.05, 0.1) is 19.0 Å². The van der Waals surface area contributed by atoms with Gasteiger partial charge in [-0.25, -0.2) is 4.98 Å². The fourth-order valence-electron chi connectivity index (χ4n) is 2.38. The van der Waals surface area contributed by atoms with Crippen LogP contribution >= 0.6 is 11.6 Å². The topological polar surface area (TPSA) is 50.3 Å². The average Bonchev–Trinajstić information content (AvgIpc) is 3.04. The van der Waals surface area contributed by atoms with Gasteiger partial charge in [0.1, 0.15) is 10.8 Å². The maximum absolute atomic E-state index is 6.21. The second-order valence-corrected chi connectivity index (χ2v) is 5.22. The third-order valence-electron chi connectivity index (χ3n) is 3.42. The Bertz CT molecular complexity index is 629. The molecule has 0 bridgehead atoms. The van der Waals surface area contributed by atoms with E-state index in [1.807, 2.05) is 12.1 Å². The molecule has 1 aromatic heterocycles. The van der Waals surface area contributed by atoms with Crippen LogP contribution in [-0.2, 0) is 0 Å². The van der Waals surface area contributed by atoms with Gasteiger partial charge in [0, 0.05) is 13.1 Å². The fourth-order valence-corrected chi connectivity index (χ4v) is 2.59. The highest BCUT2D eigenvalue weighted by Crippen LogP contribution is 2.29. The van der Waals surface area contributed by atoms with Crippen molar-refractivity contribution in [2.24, 2.45) is 0 Å². The minimum absolute atomic E-state index is 0.505. The first-order chi connectivity index (χ1) is 10.3. The van der Waals surface area contributed by atoms with Crippen LogP contribution in [0.3, 0.4) is 0 Å². The highest BCUT2D eigenvalue weighted by molar-refractivity contribution is 6.32. The smallest absolute Gasteiger partial charge is 0.229 e. The maximum atomic E-state index is 6.21. The van der Waals surface area contributed by atoms with E-state index in [-0.39, 0.29) is 0 Å². The molecule has 5 nitrogen and oxygen atoms in total. The minimum Gasteiger partial charge on any atom is -0.495 e. The Kier molecular flexibility index (Phi) is 4.10. The molecule has 21 heavy (non-hydrogen) atoms. The predicted molar refractivity (Wildman–Crippen MR) is 83.6 cm³/mol. The summed E-state index contributed by atoms with van der Waals surface area (Å²) in [5.41, 5.74) is 0.797. The van der Waals surface area contributed by atoms with Crippen LogP contribution in [0.25, 0.3) is 0 Å². The van der Waals surface area contributed by atoms with E-state index in [2.05, 4.69) is 26.3 Å². The molecule has 0 atom stereocenters. The fraction of sp³-hybridized carbons (Fsp3) is 0.333. The zero-order valence-electron chi connectivity index (χ0n) is 11.8. The van der Waals surface area contributed by atoms with Crippen molar-refractivity contribution in [3.63, 3.8) is 0 Å². The van der Waals surface area contributed by atoms with Crippen LogP contribution in [0.15, 0.2) is 24.4 Å². The highest BCUT2D eigenvalue weighted by atomic mass is 35.5. The first-order valence-electron chi connectivity index (χ1n) is 6.86. The number of methoxy groups -OCH3 is 1. The van der Waals surface area contributed by atoms with Gasteiger partial charge in [-0.3, -0.25) is 0 Å². The molecule has 109 valence electrons. The van der Waals surface area contributed by atoms with Crippen molar-refractivity contribution >= 4 is 29.1 Å². The van der Waals surface area contributed by atoms with E-state index in [0.717, 1.165) is 24.6 Å². The van der Waals surface area contributed by atoms with Gasteiger partial charge < -0.3 is 15.0 Å². The summed E-state index contributed by atoms with van der Waals surface area (Å²) in [5, 5.41) is 3.74. The molecule has 0 unspecified atom stereocenters. The van der Waals surface area contributed by atoms with Gasteiger partial charge in [-0.05, 0) is 31.0 Å². The van der Waals surface area contributed by atoms with Crippen LogP contribution in [0.5, 0.6) is 5.75 Å². The lowest BCUT2D eigenvalue weighted by Gasteiger charge is -2.18. The Balaban J connectivity index is 1.87. The number of nitrogens with zero attached hydrogens (tertiary/aromatic N) is 3. The van der Waals surface area contributed by atoms with Crippen molar-refractivity contribution in [2.45, 2.75) is 12.8 Å². The van der Waals surface area contributed by atoms with Crippen LogP contribution in [0.2, 0.25) is 5.02 Å². The Morgan fingerprint density at radius 3 is 2.95 bits per heavy atom. The molecule has 1 radical (unpaired) electrons. The molecule has 2 heterocycles. The van der Waals surface area contributed by atoms with Crippen LogP contribution < -0.4 is 15.0 Å². The number of halogens is 1. The molecule has 1 N–H and O–H groups in total. The van der Waals surface area contributed by atoms with E-state index in [9.17, 15) is 0 Å². The molecule has 6 heteroatoms. The first kappa shape index (κ1) is 13.9. The molecule has 1 aliphatic heterocycles. The largest absolute Gasteiger partial charge is 0.495 e. The first-order valence-corrected chi connectivity index (χ1v) is 7.24. The van der Waals surface area contributed by atoms with Crippen molar-refractivity contribution in [3.05, 3.63) is 35.5 Å². The normalized spacial score (nSPS) is 14.3. The second-order valence-electron chi connectivity index (χ2n) is 4.81. The molecular weight excluding hydrogens is 288 g/mol. The van der Waals surface area contributed by atoms with Crippen molar-refractivity contribution < 1.29 is 4.74 Å². The Morgan fingerprint density at radius 1 is 1.38 bits per heavy atom. The summed E-state index contributed by atoms with van der Waals surface area (Å²) in [7, 11) is 1.62. The zero-order valence-corrected chi connectivity index (χ0v) is 12.5. The van der Waals surface area contributed by atoms with Gasteiger partial charge in [-0.15, -0.1) is 0 Å². The molecule has 2 aromatic rings. The van der Waals surface area contributed by atoms with E-state index in [4.69, 9.17) is 16.3 Å². The standard InChI is InChI=1S/C15H16ClN4O/c1-21-13-7-3-2-6-12(13)18-15-17-10-11(16)14(19-15)20-8-4-5-9-20/h2,6-7,10H,4-5,8-9H2,1H3,(H,17,18,19). The SMILES string of the molecule is COc1c[c]ccc1Nc1ncc(Cl)c(N2CCCC2)n1. The average molecular weight is 304 g/mol. The number of anilines is 3. The predicted octanol–water partition coefficient (Wildman–Crippen LogP) is 3.28. The van der Waals surface area contributed by atoms with Gasteiger partial charge in [-0.1, -0.05) is 17.7 Å². The van der Waals surface area contributed by atoms with Crippen molar-refractivity contribution in [3.8, 4) is 5.75 Å². The molecule has 1 fully saturated rings. The van der Waals surface area contributed by atoms with Crippen LogP contribution in [0, 0.1) is 6.07 Å². The molecule has 1 aromatic carbocycles. The number of hydrogen-bond donors (Lipinski definition) is 1. The summed E-state index contributed by atoms with van der Waals surface area (Å²) >= 11 is 6.21. The summed E-state index contributed by atoms with van der Waals surface area (Å²) in [6.07, 6.45) is 3.98. The maximum Gasteiger partial charge on any atom is 0.229 e. The number of ether oxygens (including phenoxy) is 1. The third kappa shape index (κ3) is 3.03. The second kappa shape index (κ2) is 6.18. The number of aromatic nitrogens is 2. The zero-order chi connectivity index (χ0) is 14.7. The highest BCUT2D eigenvalue weighted by Gasteiger charge is 2.18. The number of benzene rings is 1. The summed E-state index contributed by atoms with van der Waals surface area (Å²) < 4.78 is 5.29. The van der Waals surface area contributed by atoms with Crippen molar-refractivity contribution in [2.75, 3.05) is 30.4 Å². The lowest BCUT2D eigenvalue weighted by Crippen LogP contribution is -2.20. The van der Waals surface area contributed by atoms with Crippen LogP contribution in [0.1, 0.15) is 12.8 Å². The van der Waals surface area contributed by atoms with Crippen LogP contribution in [-0.4, -0.2) is 30.2 Å². The van der Waals surface area contributed by atoms with E-state index in [0.29, 0.717) is 16.7 Å². The summed E-state index contributed by atoms with van der Waals surface area (Å²) in [6.45, 7) is 1.97. The number of nitrogens with one attached hydrogen (secondary N) is 1. The molecular formula is C15H16ClN4O. The molecule has 1 saturated heterocycles. The minimum atomic E-state index is 0.505. The van der Waals surface area contributed by atoms with Gasteiger partial charge >= 0.3 is 0 Å². The van der Waals surface area contributed by atoms with Gasteiger partial charge in [0.2, 0.25) is 5.95 Å². The van der Waals surface area contributed by atoms with Crippen molar-refractivity contribution in [1.29, 1.82) is 0 Å². The monoisotopic (exact) mass is 303 g/mol. The molecule has 1 aliphatic rings. The Hall–Kier alpha value is -2.01. The lowest BCUT2D eigenvalue weighted by atomic mass is 10.3. The quantitative estimate of drug-likeness (QED) is 0.939. The molecule has 0 amide bonds. The van der Waals surface area contributed by atoms with E-state index in [1.165, 1.54) is 12.8 Å². The van der Waals surface area contributed by atoms with Gasteiger partial charge in [0.15, 0.2) is 5.82 Å². The molecule has 0 spiro atoms. The molecule has 0 aliphatic carbocycles. The Labute approximate surface area is 128 Å². The van der Waals surface area contributed by atoms with Crippen molar-refractivity contribution in [1.82, 2.24) is 9.97 Å². The summed E-state index contributed by atoms with van der Waals surface area (Å²) in [4.78, 5) is 11.0. The molecule has 3 rings (SSSR count). The van der Waals surface area contributed by atoms with E-state index in [1.54, 1.807) is 19.4 Å². The third-order valence-corrected chi connectivity index (χ3v) is 3.69. The van der Waals surface area contributed by atoms with Gasteiger partial charge in [0.25, 0.3) is 0 Å². The van der Waals surface area contributed by atoms with Crippen LogP contribution in [0.4, 0.5) is 17.5 Å². The summed E-state index contributed by atoms with van der Waals surface area (Å²) in [5.74, 6) is 1.98. The molecule has 0 saturated carbocycles. The number of hydrogen-bond acceptors (Lipinski definition) is 5. The number of rotatable bonds is 4.